The van der Waals surface area contributed by atoms with Gasteiger partial charge in [-0.1, -0.05) is 12.1 Å². The number of fused-ring (bicyclic) bond motifs is 1. The lowest BCUT2D eigenvalue weighted by Gasteiger charge is -2.18. The maximum Gasteiger partial charge on any atom is 0.251 e. The first kappa shape index (κ1) is 12.3. The molecule has 4 heteroatoms. The molecule has 0 aliphatic carbocycles. The third kappa shape index (κ3) is 2.26. The number of hydrogen-bond donors (Lipinski definition) is 1. The van der Waals surface area contributed by atoms with Gasteiger partial charge in [-0.2, -0.15) is 0 Å². The lowest BCUT2D eigenvalue weighted by molar-refractivity contribution is 0.0946. The number of rotatable bonds is 2. The van der Waals surface area contributed by atoms with Crippen LogP contribution in [0.1, 0.15) is 38.4 Å². The van der Waals surface area contributed by atoms with E-state index in [1.165, 1.54) is 0 Å². The highest BCUT2D eigenvalue weighted by atomic mass is 35.5. The number of benzene rings is 1. The summed E-state index contributed by atoms with van der Waals surface area (Å²) >= 11 is 6.41. The Labute approximate surface area is 116 Å². The number of nitrogens with one attached hydrogen (secondary N) is 1. The highest BCUT2D eigenvalue weighted by Gasteiger charge is 2.20. The van der Waals surface area contributed by atoms with E-state index < -0.39 is 0 Å². The topological polar surface area (TPSA) is 42.2 Å². The molecule has 1 atom stereocenters. The standard InChI is InChI=1S/C15H14ClNO2/c1-9-2-5-13(19-9)14(16)11-4-3-10-6-7-17-15(18)12(10)8-11/h2-5,8,14H,6-7H2,1H3,(H,17,18). The molecule has 2 aromatic rings. The zero-order valence-corrected chi connectivity index (χ0v) is 11.3. The van der Waals surface area contributed by atoms with Crippen molar-refractivity contribution in [3.05, 3.63) is 58.5 Å². The SMILES string of the molecule is Cc1ccc(C(Cl)c2ccc3c(c2)C(=O)NCC3)o1. The van der Waals surface area contributed by atoms with Crippen LogP contribution in [-0.4, -0.2) is 12.5 Å². The van der Waals surface area contributed by atoms with Gasteiger partial charge >= 0.3 is 0 Å². The number of amides is 1. The van der Waals surface area contributed by atoms with E-state index >= 15 is 0 Å². The fourth-order valence-corrected chi connectivity index (χ4v) is 2.59. The highest BCUT2D eigenvalue weighted by molar-refractivity contribution is 6.22. The molecule has 0 fully saturated rings. The zero-order chi connectivity index (χ0) is 13.4. The van der Waals surface area contributed by atoms with E-state index in [9.17, 15) is 4.79 Å². The maximum absolute atomic E-state index is 11.8. The predicted octanol–water partition coefficient (Wildman–Crippen LogP) is 3.20. The van der Waals surface area contributed by atoms with Crippen molar-refractivity contribution in [2.75, 3.05) is 6.54 Å². The molecule has 0 spiro atoms. The Kier molecular flexibility index (Phi) is 3.07. The first-order valence-electron chi connectivity index (χ1n) is 6.26. The van der Waals surface area contributed by atoms with Gasteiger partial charge in [-0.05, 0) is 42.7 Å². The minimum absolute atomic E-state index is 0.0254. The van der Waals surface area contributed by atoms with E-state index in [4.69, 9.17) is 16.0 Å². The molecule has 0 bridgehead atoms. The van der Waals surface area contributed by atoms with Crippen LogP contribution in [0.4, 0.5) is 0 Å². The third-order valence-electron chi connectivity index (χ3n) is 3.36. The van der Waals surface area contributed by atoms with E-state index in [0.29, 0.717) is 12.3 Å². The Balaban J connectivity index is 1.97. The fourth-order valence-electron chi connectivity index (χ4n) is 2.34. The summed E-state index contributed by atoms with van der Waals surface area (Å²) in [7, 11) is 0. The van der Waals surface area contributed by atoms with Crippen LogP contribution in [0.25, 0.3) is 0 Å². The van der Waals surface area contributed by atoms with Gasteiger partial charge in [0, 0.05) is 12.1 Å². The molecule has 2 heterocycles. The van der Waals surface area contributed by atoms with Gasteiger partial charge in [-0.25, -0.2) is 0 Å². The first-order valence-corrected chi connectivity index (χ1v) is 6.70. The number of carbonyl (C=O) groups is 1. The van der Waals surface area contributed by atoms with Gasteiger partial charge in [0.15, 0.2) is 0 Å². The lowest BCUT2D eigenvalue weighted by atomic mass is 9.96. The molecule has 1 N–H and O–H groups in total. The molecule has 0 radical (unpaired) electrons. The van der Waals surface area contributed by atoms with Crippen LogP contribution in [0.15, 0.2) is 34.7 Å². The maximum atomic E-state index is 11.8. The summed E-state index contributed by atoms with van der Waals surface area (Å²) in [6.07, 6.45) is 0.869. The molecule has 1 aliphatic heterocycles. The van der Waals surface area contributed by atoms with Crippen molar-refractivity contribution in [2.24, 2.45) is 0 Å². The van der Waals surface area contributed by atoms with Gasteiger partial charge in [0.25, 0.3) is 5.91 Å². The molecule has 3 nitrogen and oxygen atoms in total. The van der Waals surface area contributed by atoms with Crippen molar-refractivity contribution in [3.8, 4) is 0 Å². The van der Waals surface area contributed by atoms with Gasteiger partial charge in [0.2, 0.25) is 0 Å². The number of carbonyl (C=O) groups excluding carboxylic acids is 1. The van der Waals surface area contributed by atoms with Crippen LogP contribution in [-0.2, 0) is 6.42 Å². The molecule has 0 saturated carbocycles. The van der Waals surface area contributed by atoms with Crippen molar-refractivity contribution in [2.45, 2.75) is 18.7 Å². The second-order valence-electron chi connectivity index (χ2n) is 4.73. The molecular weight excluding hydrogens is 262 g/mol. The molecular formula is C15H14ClNO2. The van der Waals surface area contributed by atoms with Gasteiger partial charge < -0.3 is 9.73 Å². The van der Waals surface area contributed by atoms with E-state index in [1.54, 1.807) is 0 Å². The second kappa shape index (κ2) is 4.74. The molecule has 1 unspecified atom stereocenters. The Bertz CT molecular complexity index is 633. The fraction of sp³-hybridized carbons (Fsp3) is 0.267. The van der Waals surface area contributed by atoms with Gasteiger partial charge in [-0.3, -0.25) is 4.79 Å². The summed E-state index contributed by atoms with van der Waals surface area (Å²) in [5, 5.41) is 2.48. The number of furan rings is 1. The average molecular weight is 276 g/mol. The van der Waals surface area contributed by atoms with Gasteiger partial charge in [-0.15, -0.1) is 11.6 Å². The van der Waals surface area contributed by atoms with Crippen LogP contribution >= 0.6 is 11.6 Å². The van der Waals surface area contributed by atoms with E-state index in [-0.39, 0.29) is 11.3 Å². The Morgan fingerprint density at radius 2 is 2.16 bits per heavy atom. The van der Waals surface area contributed by atoms with Crippen LogP contribution in [0.5, 0.6) is 0 Å². The molecule has 1 aromatic carbocycles. The Hall–Kier alpha value is -1.74. The number of aryl methyl sites for hydroxylation is 1. The lowest BCUT2D eigenvalue weighted by Crippen LogP contribution is -2.31. The van der Waals surface area contributed by atoms with Crippen LogP contribution in [0.2, 0.25) is 0 Å². The van der Waals surface area contributed by atoms with E-state index in [2.05, 4.69) is 5.32 Å². The molecule has 1 aliphatic rings. The molecule has 3 rings (SSSR count). The molecule has 0 saturated heterocycles. The Morgan fingerprint density at radius 3 is 2.89 bits per heavy atom. The summed E-state index contributed by atoms with van der Waals surface area (Å²) in [6.45, 7) is 2.58. The third-order valence-corrected chi connectivity index (χ3v) is 3.83. The van der Waals surface area contributed by atoms with Crippen molar-refractivity contribution in [1.82, 2.24) is 5.32 Å². The van der Waals surface area contributed by atoms with Crippen LogP contribution in [0.3, 0.4) is 0 Å². The summed E-state index contributed by atoms with van der Waals surface area (Å²) in [5.74, 6) is 1.51. The second-order valence-corrected chi connectivity index (χ2v) is 5.17. The van der Waals surface area contributed by atoms with Gasteiger partial charge in [0.05, 0.1) is 0 Å². The summed E-state index contributed by atoms with van der Waals surface area (Å²) in [5.41, 5.74) is 2.68. The largest absolute Gasteiger partial charge is 0.464 e. The number of halogens is 1. The van der Waals surface area contributed by atoms with Crippen molar-refractivity contribution < 1.29 is 9.21 Å². The predicted molar refractivity (Wildman–Crippen MR) is 73.6 cm³/mol. The molecule has 1 amide bonds. The normalized spacial score (nSPS) is 15.8. The van der Waals surface area contributed by atoms with Crippen LogP contribution in [0, 0.1) is 6.92 Å². The molecule has 1 aromatic heterocycles. The zero-order valence-electron chi connectivity index (χ0n) is 10.6. The number of alkyl halides is 1. The summed E-state index contributed by atoms with van der Waals surface area (Å²) in [6, 6.07) is 9.56. The highest BCUT2D eigenvalue weighted by Crippen LogP contribution is 2.31. The van der Waals surface area contributed by atoms with Crippen LogP contribution < -0.4 is 5.32 Å². The minimum atomic E-state index is -0.367. The van der Waals surface area contributed by atoms with Crippen molar-refractivity contribution >= 4 is 17.5 Å². The average Bonchev–Trinajstić information content (AvgIpc) is 2.85. The van der Waals surface area contributed by atoms with Gasteiger partial charge in [0.1, 0.15) is 16.9 Å². The Morgan fingerprint density at radius 1 is 1.32 bits per heavy atom. The summed E-state index contributed by atoms with van der Waals surface area (Å²) < 4.78 is 5.54. The smallest absolute Gasteiger partial charge is 0.251 e. The van der Waals surface area contributed by atoms with E-state index in [0.717, 1.165) is 28.9 Å². The quantitative estimate of drug-likeness (QED) is 0.855. The van der Waals surface area contributed by atoms with Crippen molar-refractivity contribution in [1.29, 1.82) is 0 Å². The monoisotopic (exact) mass is 275 g/mol. The van der Waals surface area contributed by atoms with E-state index in [1.807, 2.05) is 37.3 Å². The molecule has 19 heavy (non-hydrogen) atoms. The number of hydrogen-bond acceptors (Lipinski definition) is 2. The summed E-state index contributed by atoms with van der Waals surface area (Å²) in [4.78, 5) is 11.8. The minimum Gasteiger partial charge on any atom is -0.464 e. The molecule has 98 valence electrons. The van der Waals surface area contributed by atoms with Crippen molar-refractivity contribution in [3.63, 3.8) is 0 Å². The first-order chi connectivity index (χ1) is 9.15.